The van der Waals surface area contributed by atoms with Crippen molar-refractivity contribution in [1.29, 1.82) is 0 Å². The van der Waals surface area contributed by atoms with E-state index in [0.29, 0.717) is 24.3 Å². The van der Waals surface area contributed by atoms with E-state index < -0.39 is 5.41 Å². The molecule has 1 amide bonds. The topological polar surface area (TPSA) is 38.3 Å². The quantitative estimate of drug-likeness (QED) is 0.708. The van der Waals surface area contributed by atoms with Crippen LogP contribution in [0.1, 0.15) is 25.8 Å². The van der Waals surface area contributed by atoms with Crippen molar-refractivity contribution in [2.45, 2.75) is 30.6 Å². The largest absolute Gasteiger partial charge is 0.497 e. The van der Waals surface area contributed by atoms with E-state index in [2.05, 4.69) is 5.32 Å². The van der Waals surface area contributed by atoms with Crippen LogP contribution in [0.3, 0.4) is 0 Å². The maximum Gasteiger partial charge on any atom is 0.220 e. The summed E-state index contributed by atoms with van der Waals surface area (Å²) in [4.78, 5) is 13.2. The predicted octanol–water partition coefficient (Wildman–Crippen LogP) is 4.41. The molecule has 2 aromatic carbocycles. The van der Waals surface area contributed by atoms with Crippen LogP contribution < -0.4 is 10.1 Å². The minimum atomic E-state index is -0.454. The first-order chi connectivity index (χ1) is 11.9. The highest BCUT2D eigenvalue weighted by Gasteiger charge is 2.24. The fraction of sp³-hybridized carbons (Fsp3) is 0.350. The molecule has 0 aliphatic rings. The van der Waals surface area contributed by atoms with Crippen molar-refractivity contribution in [2.75, 3.05) is 19.4 Å². The molecule has 134 valence electrons. The van der Waals surface area contributed by atoms with Crippen LogP contribution in [0.4, 0.5) is 4.39 Å². The summed E-state index contributed by atoms with van der Waals surface area (Å²) in [5, 5.41) is 2.91. The fourth-order valence-electron chi connectivity index (χ4n) is 2.45. The lowest BCUT2D eigenvalue weighted by atomic mass is 9.84. The Labute approximate surface area is 153 Å². The Kier molecular flexibility index (Phi) is 6.88. The van der Waals surface area contributed by atoms with Gasteiger partial charge in [0.25, 0.3) is 0 Å². The highest BCUT2D eigenvalue weighted by atomic mass is 32.2. The molecule has 0 saturated carbocycles. The second-order valence-corrected chi connectivity index (χ2v) is 7.58. The molecule has 0 bridgehead atoms. The summed E-state index contributed by atoms with van der Waals surface area (Å²) < 4.78 is 19.0. The van der Waals surface area contributed by atoms with Crippen LogP contribution in [0, 0.1) is 5.82 Å². The normalized spacial score (nSPS) is 11.2. The Balaban J connectivity index is 1.77. The Morgan fingerprint density at radius 3 is 2.48 bits per heavy atom. The van der Waals surface area contributed by atoms with Gasteiger partial charge in [-0.15, -0.1) is 11.8 Å². The zero-order valence-electron chi connectivity index (χ0n) is 14.8. The SMILES string of the molecule is COc1ccc(SCCC(=O)NCC(C)(C)c2ccccc2F)cc1. The van der Waals surface area contributed by atoms with Gasteiger partial charge < -0.3 is 10.1 Å². The number of amides is 1. The molecule has 0 radical (unpaired) electrons. The Morgan fingerprint density at radius 1 is 1.16 bits per heavy atom. The lowest BCUT2D eigenvalue weighted by Crippen LogP contribution is -2.37. The maximum atomic E-state index is 13.9. The Morgan fingerprint density at radius 2 is 1.84 bits per heavy atom. The second kappa shape index (κ2) is 8.90. The molecule has 5 heteroatoms. The van der Waals surface area contributed by atoms with Crippen molar-refractivity contribution in [3.63, 3.8) is 0 Å². The van der Waals surface area contributed by atoms with Gasteiger partial charge in [0.2, 0.25) is 5.91 Å². The van der Waals surface area contributed by atoms with Gasteiger partial charge in [0.05, 0.1) is 7.11 Å². The van der Waals surface area contributed by atoms with E-state index in [-0.39, 0.29) is 11.7 Å². The number of thioether (sulfide) groups is 1. The Hall–Kier alpha value is -2.01. The highest BCUT2D eigenvalue weighted by Crippen LogP contribution is 2.25. The van der Waals surface area contributed by atoms with Crippen LogP contribution in [0.2, 0.25) is 0 Å². The average molecular weight is 361 g/mol. The van der Waals surface area contributed by atoms with Gasteiger partial charge in [0, 0.05) is 29.0 Å². The number of nitrogens with one attached hydrogen (secondary N) is 1. The van der Waals surface area contributed by atoms with E-state index >= 15 is 0 Å². The first kappa shape index (κ1) is 19.3. The third-order valence-corrected chi connectivity index (χ3v) is 5.00. The van der Waals surface area contributed by atoms with Crippen LogP contribution >= 0.6 is 11.8 Å². The van der Waals surface area contributed by atoms with Crippen molar-refractivity contribution < 1.29 is 13.9 Å². The first-order valence-corrected chi connectivity index (χ1v) is 9.19. The van der Waals surface area contributed by atoms with Crippen molar-refractivity contribution in [3.05, 3.63) is 59.9 Å². The number of carbonyl (C=O) groups is 1. The lowest BCUT2D eigenvalue weighted by molar-refractivity contribution is -0.120. The van der Waals surface area contributed by atoms with Gasteiger partial charge in [-0.25, -0.2) is 4.39 Å². The number of hydrogen-bond acceptors (Lipinski definition) is 3. The minimum Gasteiger partial charge on any atom is -0.497 e. The molecule has 25 heavy (non-hydrogen) atoms. The third-order valence-electron chi connectivity index (χ3n) is 3.99. The molecule has 2 rings (SSSR count). The summed E-state index contributed by atoms with van der Waals surface area (Å²) in [6.07, 6.45) is 0.421. The van der Waals surface area contributed by atoms with Crippen LogP contribution in [-0.2, 0) is 10.2 Å². The molecule has 0 saturated heterocycles. The molecular formula is C20H24FNO2S. The number of ether oxygens (including phenoxy) is 1. The first-order valence-electron chi connectivity index (χ1n) is 8.21. The van der Waals surface area contributed by atoms with Gasteiger partial charge in [0.1, 0.15) is 11.6 Å². The summed E-state index contributed by atoms with van der Waals surface area (Å²) in [6, 6.07) is 14.5. The molecule has 0 heterocycles. The van der Waals surface area contributed by atoms with Crippen LogP contribution in [0.5, 0.6) is 5.75 Å². The third kappa shape index (κ3) is 5.78. The summed E-state index contributed by atoms with van der Waals surface area (Å²) >= 11 is 1.62. The van der Waals surface area contributed by atoms with Crippen LogP contribution in [0.25, 0.3) is 0 Å². The second-order valence-electron chi connectivity index (χ2n) is 6.41. The van der Waals surface area contributed by atoms with Crippen molar-refractivity contribution in [3.8, 4) is 5.75 Å². The summed E-state index contributed by atoms with van der Waals surface area (Å²) in [5.74, 6) is 1.25. The smallest absolute Gasteiger partial charge is 0.220 e. The number of methoxy groups -OCH3 is 1. The number of rotatable bonds is 8. The van der Waals surface area contributed by atoms with Gasteiger partial charge in [-0.05, 0) is 35.9 Å². The number of carbonyl (C=O) groups excluding carboxylic acids is 1. The zero-order chi connectivity index (χ0) is 18.3. The molecule has 2 aromatic rings. The average Bonchev–Trinajstić information content (AvgIpc) is 2.61. The van der Waals surface area contributed by atoms with Gasteiger partial charge in [-0.1, -0.05) is 32.0 Å². The predicted molar refractivity (Wildman–Crippen MR) is 101 cm³/mol. The van der Waals surface area contributed by atoms with Gasteiger partial charge in [-0.3, -0.25) is 4.79 Å². The highest BCUT2D eigenvalue weighted by molar-refractivity contribution is 7.99. The molecule has 0 aromatic heterocycles. The van der Waals surface area contributed by atoms with E-state index in [1.54, 1.807) is 31.0 Å². The molecule has 1 N–H and O–H groups in total. The number of halogens is 1. The Bertz CT molecular complexity index is 701. The molecule has 0 spiro atoms. The molecule has 0 atom stereocenters. The van der Waals surface area contributed by atoms with E-state index in [9.17, 15) is 9.18 Å². The molecule has 0 fully saturated rings. The van der Waals surface area contributed by atoms with Crippen LogP contribution in [0.15, 0.2) is 53.4 Å². The molecular weight excluding hydrogens is 337 g/mol. The van der Waals surface area contributed by atoms with E-state index in [4.69, 9.17) is 4.74 Å². The van der Waals surface area contributed by atoms with Crippen LogP contribution in [-0.4, -0.2) is 25.3 Å². The fourth-order valence-corrected chi connectivity index (χ4v) is 3.30. The van der Waals surface area contributed by atoms with E-state index in [1.807, 2.05) is 44.2 Å². The summed E-state index contributed by atoms with van der Waals surface area (Å²) in [5.41, 5.74) is 0.160. The monoisotopic (exact) mass is 361 g/mol. The summed E-state index contributed by atoms with van der Waals surface area (Å²) in [7, 11) is 1.63. The van der Waals surface area contributed by atoms with Crippen molar-refractivity contribution in [1.82, 2.24) is 5.32 Å². The molecule has 0 aliphatic heterocycles. The van der Waals surface area contributed by atoms with Gasteiger partial charge in [0.15, 0.2) is 0 Å². The standard InChI is InChI=1S/C20H24FNO2S/c1-20(2,17-6-4-5-7-18(17)21)14-22-19(23)12-13-25-16-10-8-15(24-3)9-11-16/h4-11H,12-14H2,1-3H3,(H,22,23). The molecule has 0 aliphatic carbocycles. The van der Waals surface area contributed by atoms with E-state index in [1.165, 1.54) is 6.07 Å². The zero-order valence-corrected chi connectivity index (χ0v) is 15.7. The summed E-state index contributed by atoms with van der Waals surface area (Å²) in [6.45, 7) is 4.26. The number of hydrogen-bond donors (Lipinski definition) is 1. The molecule has 0 unspecified atom stereocenters. The van der Waals surface area contributed by atoms with Gasteiger partial charge in [-0.2, -0.15) is 0 Å². The maximum absolute atomic E-state index is 13.9. The van der Waals surface area contributed by atoms with Gasteiger partial charge >= 0.3 is 0 Å². The lowest BCUT2D eigenvalue weighted by Gasteiger charge is -2.26. The minimum absolute atomic E-state index is 0.0228. The van der Waals surface area contributed by atoms with Crippen molar-refractivity contribution in [2.24, 2.45) is 0 Å². The number of benzene rings is 2. The van der Waals surface area contributed by atoms with E-state index in [0.717, 1.165) is 10.6 Å². The van der Waals surface area contributed by atoms with Crippen molar-refractivity contribution >= 4 is 17.7 Å². The molecule has 3 nitrogen and oxygen atoms in total.